The van der Waals surface area contributed by atoms with Gasteiger partial charge in [0.15, 0.2) is 5.17 Å². The molecule has 4 nitrogen and oxygen atoms in total. The molecule has 1 fully saturated rings. The first-order valence-corrected chi connectivity index (χ1v) is 14.1. The summed E-state index contributed by atoms with van der Waals surface area (Å²) in [6.45, 7) is 0.416. The molecule has 1 heterocycles. The van der Waals surface area contributed by atoms with Crippen molar-refractivity contribution in [3.8, 4) is 5.75 Å². The van der Waals surface area contributed by atoms with Crippen molar-refractivity contribution < 1.29 is 9.53 Å². The Morgan fingerprint density at radius 1 is 0.795 bits per heavy atom. The van der Waals surface area contributed by atoms with Gasteiger partial charge in [-0.15, -0.1) is 0 Å². The van der Waals surface area contributed by atoms with Gasteiger partial charge in [-0.05, 0) is 76.6 Å². The lowest BCUT2D eigenvalue weighted by atomic mass is 10.0. The number of amidine groups is 1. The molecule has 6 rings (SSSR count). The second-order valence-corrected chi connectivity index (χ2v) is 10.9. The van der Waals surface area contributed by atoms with Gasteiger partial charge in [0.1, 0.15) is 12.4 Å². The third-order valence-corrected chi connectivity index (χ3v) is 7.81. The molecule has 0 saturated carbocycles. The van der Waals surface area contributed by atoms with E-state index in [4.69, 9.17) is 9.73 Å². The topological polar surface area (TPSA) is 41.9 Å². The van der Waals surface area contributed by atoms with Crippen molar-refractivity contribution in [3.05, 3.63) is 142 Å². The number of carbonyl (C=O) groups is 1. The highest BCUT2D eigenvalue weighted by Crippen LogP contribution is 2.40. The van der Waals surface area contributed by atoms with Crippen LogP contribution >= 0.6 is 27.7 Å². The number of thioether (sulfide) groups is 1. The Bertz CT molecular complexity index is 1700. The average molecular weight is 592 g/mol. The second-order valence-electron chi connectivity index (χ2n) is 8.93. The first-order valence-electron chi connectivity index (χ1n) is 12.5. The summed E-state index contributed by atoms with van der Waals surface area (Å²) in [5.41, 5.74) is 3.50. The average Bonchev–Trinajstić information content (AvgIpc) is 3.28. The van der Waals surface area contributed by atoms with E-state index in [9.17, 15) is 4.79 Å². The van der Waals surface area contributed by atoms with E-state index in [0.717, 1.165) is 43.5 Å². The highest BCUT2D eigenvalue weighted by Gasteiger charge is 2.35. The van der Waals surface area contributed by atoms with E-state index in [1.165, 1.54) is 11.8 Å². The van der Waals surface area contributed by atoms with Gasteiger partial charge in [0.25, 0.3) is 5.91 Å². The molecule has 0 spiro atoms. The van der Waals surface area contributed by atoms with E-state index in [1.807, 2.05) is 109 Å². The van der Waals surface area contributed by atoms with E-state index >= 15 is 0 Å². The Kier molecular flexibility index (Phi) is 7.30. The molecule has 5 aromatic carbocycles. The van der Waals surface area contributed by atoms with E-state index in [1.54, 1.807) is 4.90 Å². The van der Waals surface area contributed by atoms with Crippen LogP contribution in [0, 0.1) is 0 Å². The maximum atomic E-state index is 13.9. The summed E-state index contributed by atoms with van der Waals surface area (Å²) in [5.74, 6) is 0.602. The number of hydrogen-bond donors (Lipinski definition) is 0. The SMILES string of the molecule is O=C1/C(=C\c2c(OCc3ccc(Br)cc3)ccc3ccccc23)SC(=Nc2ccccc2)N1c1ccccc1. The molecule has 5 aromatic rings. The maximum Gasteiger partial charge on any atom is 0.271 e. The predicted molar refractivity (Wildman–Crippen MR) is 165 cm³/mol. The molecular formula is C33H23BrN2O2S. The fraction of sp³-hybridized carbons (Fsp3) is 0.0303. The number of nitrogens with zero attached hydrogens (tertiary/aromatic N) is 2. The Hall–Kier alpha value is -4.13. The number of halogens is 1. The lowest BCUT2D eigenvalue weighted by Gasteiger charge is -2.15. The summed E-state index contributed by atoms with van der Waals surface area (Å²) < 4.78 is 7.35. The monoisotopic (exact) mass is 590 g/mol. The lowest BCUT2D eigenvalue weighted by Crippen LogP contribution is -2.28. The minimum Gasteiger partial charge on any atom is -0.488 e. The van der Waals surface area contributed by atoms with Crippen LogP contribution in [0.4, 0.5) is 11.4 Å². The van der Waals surface area contributed by atoms with Crippen molar-refractivity contribution in [2.75, 3.05) is 4.90 Å². The van der Waals surface area contributed by atoms with Crippen molar-refractivity contribution >= 4 is 67.0 Å². The van der Waals surface area contributed by atoms with E-state index in [-0.39, 0.29) is 5.91 Å². The van der Waals surface area contributed by atoms with Crippen LogP contribution in [0.3, 0.4) is 0 Å². The Morgan fingerprint density at radius 3 is 2.26 bits per heavy atom. The van der Waals surface area contributed by atoms with Crippen LogP contribution in [0.2, 0.25) is 0 Å². The highest BCUT2D eigenvalue weighted by molar-refractivity contribution is 9.10. The van der Waals surface area contributed by atoms with Crippen LogP contribution < -0.4 is 9.64 Å². The van der Waals surface area contributed by atoms with Crippen molar-refractivity contribution in [3.63, 3.8) is 0 Å². The number of rotatable bonds is 6. The summed E-state index contributed by atoms with van der Waals surface area (Å²) in [6, 6.07) is 39.6. The van der Waals surface area contributed by atoms with Crippen molar-refractivity contribution in [2.45, 2.75) is 6.61 Å². The first-order chi connectivity index (χ1) is 19.2. The number of aliphatic imine (C=N–C) groups is 1. The van der Waals surface area contributed by atoms with E-state index < -0.39 is 0 Å². The molecule has 0 N–H and O–H groups in total. The van der Waals surface area contributed by atoms with Gasteiger partial charge in [-0.25, -0.2) is 4.99 Å². The molecule has 0 unspecified atom stereocenters. The normalized spacial score (nSPS) is 15.4. The minimum atomic E-state index is -0.118. The number of benzene rings is 5. The van der Waals surface area contributed by atoms with Gasteiger partial charge in [-0.1, -0.05) is 94.8 Å². The molecule has 1 saturated heterocycles. The van der Waals surface area contributed by atoms with Crippen molar-refractivity contribution in [2.24, 2.45) is 4.99 Å². The van der Waals surface area contributed by atoms with Crippen LogP contribution in [0.5, 0.6) is 5.75 Å². The van der Waals surface area contributed by atoms with Gasteiger partial charge in [0.05, 0.1) is 16.3 Å². The third kappa shape index (κ3) is 5.53. The molecule has 0 aromatic heterocycles. The smallest absolute Gasteiger partial charge is 0.271 e. The highest BCUT2D eigenvalue weighted by atomic mass is 79.9. The van der Waals surface area contributed by atoms with Gasteiger partial charge < -0.3 is 4.74 Å². The molecule has 39 heavy (non-hydrogen) atoms. The third-order valence-electron chi connectivity index (χ3n) is 6.32. The van der Waals surface area contributed by atoms with E-state index in [2.05, 4.69) is 34.1 Å². The molecular weight excluding hydrogens is 568 g/mol. The summed E-state index contributed by atoms with van der Waals surface area (Å²) in [7, 11) is 0. The lowest BCUT2D eigenvalue weighted by molar-refractivity contribution is -0.113. The summed E-state index contributed by atoms with van der Waals surface area (Å²) in [5, 5.41) is 2.71. The summed E-state index contributed by atoms with van der Waals surface area (Å²) in [4.78, 5) is 21.0. The molecule has 0 radical (unpaired) electrons. The van der Waals surface area contributed by atoms with Gasteiger partial charge >= 0.3 is 0 Å². The number of amides is 1. The fourth-order valence-electron chi connectivity index (χ4n) is 4.39. The molecule has 0 aliphatic carbocycles. The Morgan fingerprint density at radius 2 is 1.49 bits per heavy atom. The van der Waals surface area contributed by atoms with Crippen molar-refractivity contribution in [1.29, 1.82) is 0 Å². The first kappa shape index (κ1) is 25.2. The Balaban J connectivity index is 1.43. The predicted octanol–water partition coefficient (Wildman–Crippen LogP) is 8.99. The second kappa shape index (κ2) is 11.3. The zero-order chi connectivity index (χ0) is 26.6. The zero-order valence-corrected chi connectivity index (χ0v) is 23.2. The van der Waals surface area contributed by atoms with Gasteiger partial charge in [0.2, 0.25) is 0 Å². The summed E-state index contributed by atoms with van der Waals surface area (Å²) >= 11 is 4.86. The van der Waals surface area contributed by atoms with Gasteiger partial charge in [0, 0.05) is 10.0 Å². The van der Waals surface area contributed by atoms with Crippen LogP contribution in [-0.4, -0.2) is 11.1 Å². The van der Waals surface area contributed by atoms with Crippen LogP contribution in [0.15, 0.2) is 136 Å². The molecule has 1 amide bonds. The molecule has 0 bridgehead atoms. The quantitative estimate of drug-likeness (QED) is 0.185. The molecule has 190 valence electrons. The summed E-state index contributed by atoms with van der Waals surface area (Å²) in [6.07, 6.45) is 1.94. The Labute approximate surface area is 239 Å². The fourth-order valence-corrected chi connectivity index (χ4v) is 5.64. The van der Waals surface area contributed by atoms with Gasteiger partial charge in [-0.2, -0.15) is 0 Å². The number of hydrogen-bond acceptors (Lipinski definition) is 4. The molecule has 1 aliphatic rings. The number of para-hydroxylation sites is 2. The standard InChI is InChI=1S/C33H23BrN2O2S/c34-25-18-15-23(16-19-25)22-38-30-20-17-24-9-7-8-14-28(24)29(30)21-31-32(37)36(27-12-5-2-6-13-27)33(39-31)35-26-10-3-1-4-11-26/h1-21H,22H2/b31-21+,35-33?. The number of carbonyl (C=O) groups excluding carboxylic acids is 1. The minimum absolute atomic E-state index is 0.118. The van der Waals surface area contributed by atoms with Crippen LogP contribution in [0.1, 0.15) is 11.1 Å². The molecule has 0 atom stereocenters. The maximum absolute atomic E-state index is 13.9. The van der Waals surface area contributed by atoms with Crippen LogP contribution in [-0.2, 0) is 11.4 Å². The number of fused-ring (bicyclic) bond motifs is 1. The van der Waals surface area contributed by atoms with Crippen molar-refractivity contribution in [1.82, 2.24) is 0 Å². The van der Waals surface area contributed by atoms with Crippen LogP contribution in [0.25, 0.3) is 16.8 Å². The van der Waals surface area contributed by atoms with Gasteiger partial charge in [-0.3, -0.25) is 9.69 Å². The molecule has 1 aliphatic heterocycles. The largest absolute Gasteiger partial charge is 0.488 e. The molecule has 6 heteroatoms. The zero-order valence-electron chi connectivity index (χ0n) is 20.8. The number of ether oxygens (including phenoxy) is 1. The van der Waals surface area contributed by atoms with E-state index in [0.29, 0.717) is 16.7 Å². The number of anilines is 1.